The molecule has 2 heterocycles. The van der Waals surface area contributed by atoms with Gasteiger partial charge in [-0.15, -0.1) is 0 Å². The second-order valence-corrected chi connectivity index (χ2v) is 3.37. The van der Waals surface area contributed by atoms with Gasteiger partial charge in [-0.05, 0) is 19.4 Å². The zero-order valence-corrected chi connectivity index (χ0v) is 8.64. The maximum absolute atomic E-state index is 3.47. The van der Waals surface area contributed by atoms with E-state index in [0.29, 0.717) is 0 Å². The second-order valence-electron chi connectivity index (χ2n) is 3.37. The Balaban J connectivity index is 0.000000336. The van der Waals surface area contributed by atoms with Crippen LogP contribution in [0.4, 0.5) is 0 Å². The summed E-state index contributed by atoms with van der Waals surface area (Å²) in [5, 5.41) is 3.47. The highest BCUT2D eigenvalue weighted by Gasteiger charge is 2.34. The molecule has 0 spiro atoms. The van der Waals surface area contributed by atoms with Crippen molar-refractivity contribution in [3.8, 4) is 0 Å². The van der Waals surface area contributed by atoms with E-state index in [0.717, 1.165) is 12.1 Å². The summed E-state index contributed by atoms with van der Waals surface area (Å²) in [5.41, 5.74) is 0. The van der Waals surface area contributed by atoms with Crippen LogP contribution in [0.15, 0.2) is 0 Å². The predicted molar refractivity (Wildman–Crippen MR) is 53.4 cm³/mol. The molecule has 0 aromatic rings. The molecule has 0 aromatic carbocycles. The molecule has 2 saturated heterocycles. The first-order chi connectivity index (χ1) is 5.92. The highest BCUT2D eigenvalue weighted by atomic mass is 15.3. The minimum absolute atomic E-state index is 0.865. The minimum Gasteiger partial charge on any atom is -0.314 e. The van der Waals surface area contributed by atoms with Crippen LogP contribution in [0.5, 0.6) is 0 Å². The van der Waals surface area contributed by atoms with E-state index in [9.17, 15) is 0 Å². The Labute approximate surface area is 76.3 Å². The van der Waals surface area contributed by atoms with Gasteiger partial charge in [0.25, 0.3) is 0 Å². The molecule has 12 heavy (non-hydrogen) atoms. The second kappa shape index (κ2) is 4.83. The molecule has 2 aliphatic rings. The van der Waals surface area contributed by atoms with Gasteiger partial charge >= 0.3 is 0 Å². The average Bonchev–Trinajstić information content (AvgIpc) is 2.37. The summed E-state index contributed by atoms with van der Waals surface area (Å²) >= 11 is 0. The van der Waals surface area contributed by atoms with Gasteiger partial charge in [-0.2, -0.15) is 0 Å². The normalized spacial score (nSPS) is 34.2. The molecule has 0 saturated carbocycles. The lowest BCUT2D eigenvalue weighted by molar-refractivity contribution is 0.162. The van der Waals surface area contributed by atoms with E-state index in [2.05, 4.69) is 17.1 Å². The first-order valence-corrected chi connectivity index (χ1v) is 5.38. The monoisotopic (exact) mass is 170 g/mol. The Kier molecular flexibility index (Phi) is 4.02. The Morgan fingerprint density at radius 2 is 1.67 bits per heavy atom. The van der Waals surface area contributed by atoms with Crippen molar-refractivity contribution in [1.82, 2.24) is 10.2 Å². The van der Waals surface area contributed by atoms with Gasteiger partial charge in [0.05, 0.1) is 0 Å². The number of fused-ring (bicyclic) bond motifs is 2. The Hall–Kier alpha value is -0.0800. The molecule has 2 rings (SSSR count). The van der Waals surface area contributed by atoms with Gasteiger partial charge in [-0.1, -0.05) is 20.8 Å². The Morgan fingerprint density at radius 3 is 2.00 bits per heavy atom. The van der Waals surface area contributed by atoms with E-state index in [1.807, 2.05) is 13.8 Å². The van der Waals surface area contributed by atoms with Crippen LogP contribution < -0.4 is 5.32 Å². The fraction of sp³-hybridized carbons (Fsp3) is 1.00. The third-order valence-corrected chi connectivity index (χ3v) is 2.90. The van der Waals surface area contributed by atoms with Crippen molar-refractivity contribution in [1.29, 1.82) is 0 Å². The summed E-state index contributed by atoms with van der Waals surface area (Å²) in [6.45, 7) is 9.97. The number of hydrogen-bond donors (Lipinski definition) is 1. The molecule has 1 N–H and O–H groups in total. The molecular weight excluding hydrogens is 148 g/mol. The van der Waals surface area contributed by atoms with Crippen molar-refractivity contribution in [2.45, 2.75) is 45.7 Å². The molecule has 2 aliphatic heterocycles. The zero-order valence-electron chi connectivity index (χ0n) is 8.64. The quantitative estimate of drug-likeness (QED) is 0.641. The minimum atomic E-state index is 0.865. The summed E-state index contributed by atoms with van der Waals surface area (Å²) in [6, 6.07) is 1.73. The van der Waals surface area contributed by atoms with Crippen molar-refractivity contribution in [3.05, 3.63) is 0 Å². The SMILES string of the molecule is CC.CCN1C2CCC1CNC2. The fourth-order valence-electron chi connectivity index (χ4n) is 2.39. The lowest BCUT2D eigenvalue weighted by Gasteiger charge is -2.34. The van der Waals surface area contributed by atoms with Crippen molar-refractivity contribution >= 4 is 0 Å². The molecule has 2 nitrogen and oxygen atoms in total. The van der Waals surface area contributed by atoms with Crippen molar-refractivity contribution in [2.75, 3.05) is 19.6 Å². The molecule has 2 fully saturated rings. The molecule has 2 bridgehead atoms. The number of nitrogens with one attached hydrogen (secondary N) is 1. The van der Waals surface area contributed by atoms with Crippen LogP contribution in [0.3, 0.4) is 0 Å². The largest absolute Gasteiger partial charge is 0.314 e. The number of hydrogen-bond acceptors (Lipinski definition) is 2. The van der Waals surface area contributed by atoms with Gasteiger partial charge in [0.15, 0.2) is 0 Å². The van der Waals surface area contributed by atoms with E-state index in [1.165, 1.54) is 32.5 Å². The topological polar surface area (TPSA) is 15.3 Å². The Bertz CT molecular complexity index is 109. The molecule has 2 heteroatoms. The Morgan fingerprint density at radius 1 is 1.17 bits per heavy atom. The van der Waals surface area contributed by atoms with Gasteiger partial charge in [0.1, 0.15) is 0 Å². The van der Waals surface area contributed by atoms with Crippen molar-refractivity contribution in [3.63, 3.8) is 0 Å². The summed E-state index contributed by atoms with van der Waals surface area (Å²) < 4.78 is 0. The molecule has 2 unspecified atom stereocenters. The highest BCUT2D eigenvalue weighted by molar-refractivity contribution is 4.93. The number of likely N-dealkylation sites (N-methyl/N-ethyl adjacent to an activating group) is 1. The number of nitrogens with zero attached hydrogens (tertiary/aromatic N) is 1. The van der Waals surface area contributed by atoms with E-state index >= 15 is 0 Å². The van der Waals surface area contributed by atoms with Gasteiger partial charge < -0.3 is 5.32 Å². The highest BCUT2D eigenvalue weighted by Crippen LogP contribution is 2.25. The smallest absolute Gasteiger partial charge is 0.0224 e. The lowest BCUT2D eigenvalue weighted by Crippen LogP contribution is -2.51. The average molecular weight is 170 g/mol. The van der Waals surface area contributed by atoms with E-state index < -0.39 is 0 Å². The van der Waals surface area contributed by atoms with Crippen molar-refractivity contribution in [2.24, 2.45) is 0 Å². The predicted octanol–water partition coefficient (Wildman–Crippen LogP) is 1.47. The van der Waals surface area contributed by atoms with Crippen LogP contribution in [0.1, 0.15) is 33.6 Å². The van der Waals surface area contributed by atoms with Crippen LogP contribution in [-0.4, -0.2) is 36.6 Å². The van der Waals surface area contributed by atoms with Gasteiger partial charge in [0, 0.05) is 25.2 Å². The van der Waals surface area contributed by atoms with E-state index in [-0.39, 0.29) is 0 Å². The van der Waals surface area contributed by atoms with Crippen LogP contribution in [-0.2, 0) is 0 Å². The summed E-state index contributed by atoms with van der Waals surface area (Å²) in [7, 11) is 0. The zero-order chi connectivity index (χ0) is 8.97. The molecule has 0 amide bonds. The standard InChI is InChI=1S/C8H16N2.C2H6/c1-2-10-7-3-4-8(10)6-9-5-7;1-2/h7-9H,2-6H2,1H3;1-2H3. The molecule has 0 aromatic heterocycles. The number of piperazine rings is 1. The van der Waals surface area contributed by atoms with E-state index in [4.69, 9.17) is 0 Å². The first kappa shape index (κ1) is 10.0. The van der Waals surface area contributed by atoms with Crippen LogP contribution >= 0.6 is 0 Å². The lowest BCUT2D eigenvalue weighted by atomic mass is 10.2. The molecule has 0 aliphatic carbocycles. The molecule has 2 atom stereocenters. The first-order valence-electron chi connectivity index (χ1n) is 5.38. The van der Waals surface area contributed by atoms with Crippen molar-refractivity contribution < 1.29 is 0 Å². The maximum atomic E-state index is 3.47. The third-order valence-electron chi connectivity index (χ3n) is 2.90. The summed E-state index contributed by atoms with van der Waals surface area (Å²) in [6.07, 6.45) is 2.84. The van der Waals surface area contributed by atoms with Gasteiger partial charge in [-0.25, -0.2) is 0 Å². The van der Waals surface area contributed by atoms with Crippen LogP contribution in [0.2, 0.25) is 0 Å². The van der Waals surface area contributed by atoms with Gasteiger partial charge in [0.2, 0.25) is 0 Å². The molecular formula is C10H22N2. The third kappa shape index (κ3) is 1.80. The van der Waals surface area contributed by atoms with Crippen LogP contribution in [0, 0.1) is 0 Å². The van der Waals surface area contributed by atoms with Crippen LogP contribution in [0.25, 0.3) is 0 Å². The van der Waals surface area contributed by atoms with Gasteiger partial charge in [-0.3, -0.25) is 4.90 Å². The summed E-state index contributed by atoms with van der Waals surface area (Å²) in [4.78, 5) is 2.65. The summed E-state index contributed by atoms with van der Waals surface area (Å²) in [5.74, 6) is 0. The fourth-order valence-corrected chi connectivity index (χ4v) is 2.39. The number of rotatable bonds is 1. The maximum Gasteiger partial charge on any atom is 0.0224 e. The van der Waals surface area contributed by atoms with E-state index in [1.54, 1.807) is 0 Å². The molecule has 72 valence electrons. The molecule has 0 radical (unpaired) electrons.